The molecule has 9 heteroatoms. The lowest BCUT2D eigenvalue weighted by Crippen LogP contribution is -2.41. The molecule has 0 atom stereocenters. The van der Waals surface area contributed by atoms with Gasteiger partial charge in [-0.15, -0.1) is 0 Å². The predicted octanol–water partition coefficient (Wildman–Crippen LogP) is 2.48. The minimum Gasteiger partial charge on any atom is -0.467 e. The monoisotopic (exact) mass is 423 g/mol. The van der Waals surface area contributed by atoms with Gasteiger partial charge in [-0.2, -0.15) is 0 Å². The third-order valence-corrected chi connectivity index (χ3v) is 4.89. The van der Waals surface area contributed by atoms with E-state index in [9.17, 15) is 18.8 Å². The van der Waals surface area contributed by atoms with Crippen molar-refractivity contribution in [3.8, 4) is 0 Å². The summed E-state index contributed by atoms with van der Waals surface area (Å²) >= 11 is 0. The molecule has 0 saturated carbocycles. The Morgan fingerprint density at radius 2 is 1.90 bits per heavy atom. The molecule has 0 unspecified atom stereocenters. The highest BCUT2D eigenvalue weighted by atomic mass is 19.1. The molecule has 4 rings (SSSR count). The van der Waals surface area contributed by atoms with Crippen molar-refractivity contribution < 1.29 is 18.3 Å². The largest absolute Gasteiger partial charge is 0.467 e. The fourth-order valence-corrected chi connectivity index (χ4v) is 3.43. The molecular formula is C22H18FN3O5. The zero-order valence-corrected chi connectivity index (χ0v) is 16.8. The summed E-state index contributed by atoms with van der Waals surface area (Å²) in [5.74, 6) is -0.850. The first-order chi connectivity index (χ1) is 14.9. The van der Waals surface area contributed by atoms with Crippen LogP contribution in [-0.2, 0) is 17.8 Å². The normalized spacial score (nSPS) is 11.1. The molecule has 0 aliphatic carbocycles. The minimum absolute atomic E-state index is 0.0227. The number of esters is 1. The average molecular weight is 423 g/mol. The van der Waals surface area contributed by atoms with Gasteiger partial charge in [-0.25, -0.2) is 19.0 Å². The fraction of sp³-hybridized carbons (Fsp3) is 0.182. The Hall–Kier alpha value is -4.01. The van der Waals surface area contributed by atoms with Crippen LogP contribution in [0.2, 0.25) is 0 Å². The van der Waals surface area contributed by atoms with E-state index in [1.807, 2.05) is 0 Å². The van der Waals surface area contributed by atoms with E-state index in [0.717, 1.165) is 4.57 Å². The van der Waals surface area contributed by atoms with Crippen LogP contribution in [0.3, 0.4) is 0 Å². The Bertz CT molecular complexity index is 1400. The minimum atomic E-state index is -0.758. The van der Waals surface area contributed by atoms with Crippen molar-refractivity contribution in [2.45, 2.75) is 20.0 Å². The smallest absolute Gasteiger partial charge is 0.338 e. The molecular weight excluding hydrogens is 405 g/mol. The van der Waals surface area contributed by atoms with Crippen molar-refractivity contribution in [2.24, 2.45) is 0 Å². The summed E-state index contributed by atoms with van der Waals surface area (Å²) in [6.07, 6.45) is 1.45. The standard InChI is InChI=1S/C22H18FN3O5/c1-13-10-16(21(28)30-2)18-19(24-13)25(12-15-7-5-9-31-15)22(29)26(20(18)27)11-14-6-3-4-8-17(14)23/h3-10H,11-12H2,1-2H3. The predicted molar refractivity (Wildman–Crippen MR) is 110 cm³/mol. The number of carbonyl (C=O) groups excluding carboxylic acids is 1. The lowest BCUT2D eigenvalue weighted by Gasteiger charge is -2.15. The first-order valence-electron chi connectivity index (χ1n) is 9.39. The second-order valence-corrected chi connectivity index (χ2v) is 6.93. The number of aromatic nitrogens is 3. The molecule has 1 aromatic carbocycles. The number of hydrogen-bond acceptors (Lipinski definition) is 6. The molecule has 0 radical (unpaired) electrons. The summed E-state index contributed by atoms with van der Waals surface area (Å²) in [7, 11) is 1.20. The lowest BCUT2D eigenvalue weighted by molar-refractivity contribution is 0.0602. The average Bonchev–Trinajstić information content (AvgIpc) is 3.27. The highest BCUT2D eigenvalue weighted by Crippen LogP contribution is 2.17. The van der Waals surface area contributed by atoms with Gasteiger partial charge in [-0.3, -0.25) is 13.9 Å². The van der Waals surface area contributed by atoms with Gasteiger partial charge in [0.05, 0.1) is 37.4 Å². The third kappa shape index (κ3) is 3.65. The van der Waals surface area contributed by atoms with Gasteiger partial charge in [0, 0.05) is 11.3 Å². The molecule has 3 heterocycles. The zero-order chi connectivity index (χ0) is 22.1. The van der Waals surface area contributed by atoms with E-state index in [0.29, 0.717) is 11.5 Å². The van der Waals surface area contributed by atoms with Crippen molar-refractivity contribution in [1.29, 1.82) is 0 Å². The molecule has 0 saturated heterocycles. The maximum absolute atomic E-state index is 14.2. The Morgan fingerprint density at radius 3 is 2.58 bits per heavy atom. The van der Waals surface area contributed by atoms with Crippen LogP contribution in [0, 0.1) is 12.7 Å². The molecule has 0 aliphatic rings. The zero-order valence-electron chi connectivity index (χ0n) is 16.8. The number of rotatable bonds is 5. The van der Waals surface area contributed by atoms with Crippen molar-refractivity contribution in [2.75, 3.05) is 7.11 Å². The van der Waals surface area contributed by atoms with Gasteiger partial charge in [-0.05, 0) is 31.2 Å². The Kier molecular flexibility index (Phi) is 5.24. The number of fused-ring (bicyclic) bond motifs is 1. The van der Waals surface area contributed by atoms with Crippen LogP contribution in [0.4, 0.5) is 4.39 Å². The number of carbonyl (C=O) groups is 1. The van der Waals surface area contributed by atoms with E-state index in [1.165, 1.54) is 42.2 Å². The molecule has 0 N–H and O–H groups in total. The molecule has 0 aliphatic heterocycles. The van der Waals surface area contributed by atoms with Crippen LogP contribution >= 0.6 is 0 Å². The number of hydrogen-bond donors (Lipinski definition) is 0. The summed E-state index contributed by atoms with van der Waals surface area (Å²) in [5.41, 5.74) is -0.878. The summed E-state index contributed by atoms with van der Waals surface area (Å²) < 4.78 is 26.5. The molecule has 3 aromatic heterocycles. The number of nitrogens with zero attached hydrogens (tertiary/aromatic N) is 3. The quantitative estimate of drug-likeness (QED) is 0.458. The maximum atomic E-state index is 14.2. The van der Waals surface area contributed by atoms with Gasteiger partial charge in [0.2, 0.25) is 0 Å². The molecule has 31 heavy (non-hydrogen) atoms. The highest BCUT2D eigenvalue weighted by molar-refractivity contribution is 6.02. The number of aryl methyl sites for hydroxylation is 1. The molecule has 158 valence electrons. The summed E-state index contributed by atoms with van der Waals surface area (Å²) in [6, 6.07) is 10.6. The van der Waals surface area contributed by atoms with E-state index < -0.39 is 23.0 Å². The Balaban J connectivity index is 2.07. The van der Waals surface area contributed by atoms with Crippen molar-refractivity contribution in [3.05, 3.63) is 98.0 Å². The topological polar surface area (TPSA) is 96.3 Å². The number of ether oxygens (including phenoxy) is 1. The van der Waals surface area contributed by atoms with Gasteiger partial charge >= 0.3 is 11.7 Å². The maximum Gasteiger partial charge on any atom is 0.338 e. The first-order valence-corrected chi connectivity index (χ1v) is 9.39. The van der Waals surface area contributed by atoms with Crippen molar-refractivity contribution in [3.63, 3.8) is 0 Å². The molecule has 0 spiro atoms. The Labute approximate surface area is 175 Å². The number of benzene rings is 1. The number of furan rings is 1. The van der Waals surface area contributed by atoms with Crippen molar-refractivity contribution in [1.82, 2.24) is 14.1 Å². The van der Waals surface area contributed by atoms with E-state index in [2.05, 4.69) is 4.98 Å². The second-order valence-electron chi connectivity index (χ2n) is 6.93. The molecule has 4 aromatic rings. The summed E-state index contributed by atoms with van der Waals surface area (Å²) in [6.45, 7) is 1.29. The van der Waals surface area contributed by atoms with Gasteiger partial charge in [-0.1, -0.05) is 18.2 Å². The molecule has 0 amide bonds. The number of pyridine rings is 1. The van der Waals surface area contributed by atoms with E-state index in [-0.39, 0.29) is 35.2 Å². The van der Waals surface area contributed by atoms with Crippen LogP contribution < -0.4 is 11.2 Å². The molecule has 8 nitrogen and oxygen atoms in total. The van der Waals surface area contributed by atoms with E-state index in [1.54, 1.807) is 25.1 Å². The highest BCUT2D eigenvalue weighted by Gasteiger charge is 2.23. The lowest BCUT2D eigenvalue weighted by atomic mass is 10.1. The van der Waals surface area contributed by atoms with Crippen LogP contribution in [-0.4, -0.2) is 27.2 Å². The fourth-order valence-electron chi connectivity index (χ4n) is 3.43. The van der Waals surface area contributed by atoms with Crippen molar-refractivity contribution >= 4 is 17.0 Å². The van der Waals surface area contributed by atoms with Crippen LogP contribution in [0.1, 0.15) is 27.4 Å². The number of halogens is 1. The van der Waals surface area contributed by atoms with Crippen LogP contribution in [0.15, 0.2) is 62.7 Å². The third-order valence-electron chi connectivity index (χ3n) is 4.89. The second kappa shape index (κ2) is 8.02. The van der Waals surface area contributed by atoms with E-state index in [4.69, 9.17) is 9.15 Å². The Morgan fingerprint density at radius 1 is 1.13 bits per heavy atom. The van der Waals surface area contributed by atoms with Gasteiger partial charge < -0.3 is 9.15 Å². The number of methoxy groups -OCH3 is 1. The summed E-state index contributed by atoms with van der Waals surface area (Å²) in [4.78, 5) is 43.4. The van der Waals surface area contributed by atoms with E-state index >= 15 is 0 Å². The first kappa shape index (κ1) is 20.3. The van der Waals surface area contributed by atoms with Crippen LogP contribution in [0.5, 0.6) is 0 Å². The SMILES string of the molecule is COC(=O)c1cc(C)nc2c1c(=O)n(Cc1ccccc1F)c(=O)n2Cc1ccco1. The van der Waals surface area contributed by atoms with Gasteiger partial charge in [0.15, 0.2) is 5.65 Å². The molecule has 0 bridgehead atoms. The summed E-state index contributed by atoms with van der Waals surface area (Å²) in [5, 5.41) is -0.0834. The van der Waals surface area contributed by atoms with Crippen LogP contribution in [0.25, 0.3) is 11.0 Å². The van der Waals surface area contributed by atoms with Gasteiger partial charge in [0.25, 0.3) is 5.56 Å². The molecule has 0 fully saturated rings. The van der Waals surface area contributed by atoms with Gasteiger partial charge in [0.1, 0.15) is 11.6 Å².